The fourth-order valence-corrected chi connectivity index (χ4v) is 2.17. The third-order valence-electron chi connectivity index (χ3n) is 3.44. The highest BCUT2D eigenvalue weighted by Gasteiger charge is 2.43. The molecule has 0 radical (unpaired) electrons. The van der Waals surface area contributed by atoms with Gasteiger partial charge < -0.3 is 14.2 Å². The summed E-state index contributed by atoms with van der Waals surface area (Å²) in [5, 5.41) is 0. The summed E-state index contributed by atoms with van der Waals surface area (Å²) in [7, 11) is 0. The predicted octanol–water partition coefficient (Wildman–Crippen LogP) is 2.06. The summed E-state index contributed by atoms with van der Waals surface area (Å²) in [6.07, 6.45) is 6.77. The highest BCUT2D eigenvalue weighted by atomic mass is 16.7. The first-order valence-electron chi connectivity index (χ1n) is 6.13. The Labute approximate surface area is 101 Å². The van der Waals surface area contributed by atoms with E-state index in [1.165, 1.54) is 6.42 Å². The van der Waals surface area contributed by atoms with Crippen molar-refractivity contribution in [3.05, 3.63) is 24.0 Å². The van der Waals surface area contributed by atoms with Gasteiger partial charge >= 0.3 is 0 Å². The van der Waals surface area contributed by atoms with E-state index in [9.17, 15) is 0 Å². The average Bonchev–Trinajstić information content (AvgIpc) is 2.31. The molecule has 1 aliphatic carbocycles. The Morgan fingerprint density at radius 1 is 1.35 bits per heavy atom. The average molecular weight is 235 g/mol. The van der Waals surface area contributed by atoms with Crippen molar-refractivity contribution in [1.29, 1.82) is 0 Å². The van der Waals surface area contributed by atoms with Gasteiger partial charge in [-0.25, -0.2) is 0 Å². The SMILES string of the molecule is Cc1cnccc1OC1COC2(CCC2)OC1. The molecule has 0 bridgehead atoms. The van der Waals surface area contributed by atoms with Crippen LogP contribution in [0.1, 0.15) is 24.8 Å². The van der Waals surface area contributed by atoms with Gasteiger partial charge in [-0.1, -0.05) is 0 Å². The molecule has 1 aromatic rings. The van der Waals surface area contributed by atoms with Gasteiger partial charge in [0, 0.05) is 30.8 Å². The fraction of sp³-hybridized carbons (Fsp3) is 0.615. The Bertz CT molecular complexity index is 393. The standard InChI is InChI=1S/C13H17NO3/c1-10-7-14-6-3-12(10)17-11-8-15-13(16-9-11)4-2-5-13/h3,6-7,11H,2,4-5,8-9H2,1H3. The van der Waals surface area contributed by atoms with Gasteiger partial charge in [0.2, 0.25) is 0 Å². The lowest BCUT2D eigenvalue weighted by Gasteiger charge is -2.45. The number of rotatable bonds is 2. The molecular formula is C13H17NO3. The maximum atomic E-state index is 5.86. The van der Waals surface area contributed by atoms with Crippen molar-refractivity contribution in [3.8, 4) is 5.75 Å². The minimum Gasteiger partial charge on any atom is -0.485 e. The third kappa shape index (κ3) is 2.15. The van der Waals surface area contributed by atoms with Crippen LogP contribution in [-0.2, 0) is 9.47 Å². The zero-order valence-corrected chi connectivity index (χ0v) is 10.0. The fourth-order valence-electron chi connectivity index (χ4n) is 2.17. The summed E-state index contributed by atoms with van der Waals surface area (Å²) < 4.78 is 17.4. The summed E-state index contributed by atoms with van der Waals surface area (Å²) in [6, 6.07) is 1.88. The molecule has 3 rings (SSSR count). The summed E-state index contributed by atoms with van der Waals surface area (Å²) >= 11 is 0. The molecule has 0 unspecified atom stereocenters. The van der Waals surface area contributed by atoms with Crippen LogP contribution in [0.15, 0.2) is 18.5 Å². The first-order chi connectivity index (χ1) is 8.27. The van der Waals surface area contributed by atoms with Gasteiger partial charge in [-0.2, -0.15) is 0 Å². The lowest BCUT2D eigenvalue weighted by atomic mass is 9.90. The highest BCUT2D eigenvalue weighted by Crippen LogP contribution is 2.39. The van der Waals surface area contributed by atoms with E-state index >= 15 is 0 Å². The van der Waals surface area contributed by atoms with Gasteiger partial charge in [0.1, 0.15) is 11.9 Å². The zero-order chi connectivity index (χ0) is 11.7. The predicted molar refractivity (Wildman–Crippen MR) is 61.9 cm³/mol. The Morgan fingerprint density at radius 2 is 2.12 bits per heavy atom. The lowest BCUT2D eigenvalue weighted by molar-refractivity contribution is -0.320. The molecule has 0 amide bonds. The van der Waals surface area contributed by atoms with E-state index in [1.807, 2.05) is 13.0 Å². The molecule has 0 N–H and O–H groups in total. The van der Waals surface area contributed by atoms with Gasteiger partial charge in [0.25, 0.3) is 0 Å². The first kappa shape index (κ1) is 11.0. The van der Waals surface area contributed by atoms with Gasteiger partial charge in [-0.05, 0) is 19.4 Å². The van der Waals surface area contributed by atoms with Crippen LogP contribution in [0.2, 0.25) is 0 Å². The van der Waals surface area contributed by atoms with Crippen molar-refractivity contribution in [3.63, 3.8) is 0 Å². The van der Waals surface area contributed by atoms with Crippen LogP contribution < -0.4 is 4.74 Å². The minimum absolute atomic E-state index is 0.0117. The number of pyridine rings is 1. The summed E-state index contributed by atoms with van der Waals surface area (Å²) in [4.78, 5) is 4.04. The van der Waals surface area contributed by atoms with Crippen molar-refractivity contribution in [1.82, 2.24) is 4.98 Å². The second-order valence-corrected chi connectivity index (χ2v) is 4.77. The molecule has 1 aliphatic heterocycles. The molecule has 4 nitrogen and oxygen atoms in total. The van der Waals surface area contributed by atoms with Crippen molar-refractivity contribution in [2.45, 2.75) is 38.1 Å². The molecule has 17 heavy (non-hydrogen) atoms. The van der Waals surface area contributed by atoms with E-state index in [1.54, 1.807) is 12.4 Å². The molecule has 1 spiro atoms. The summed E-state index contributed by atoms with van der Waals surface area (Å²) in [6.45, 7) is 3.21. The number of ether oxygens (including phenoxy) is 3. The van der Waals surface area contributed by atoms with Crippen LogP contribution in [0.5, 0.6) is 5.75 Å². The van der Waals surface area contributed by atoms with Crippen LogP contribution in [0.3, 0.4) is 0 Å². The van der Waals surface area contributed by atoms with E-state index in [0.29, 0.717) is 13.2 Å². The number of aromatic nitrogens is 1. The molecule has 4 heteroatoms. The van der Waals surface area contributed by atoms with Gasteiger partial charge in [-0.15, -0.1) is 0 Å². The molecule has 2 aliphatic rings. The van der Waals surface area contributed by atoms with E-state index in [0.717, 1.165) is 24.2 Å². The van der Waals surface area contributed by atoms with E-state index < -0.39 is 0 Å². The molecular weight excluding hydrogens is 218 g/mol. The van der Waals surface area contributed by atoms with Crippen LogP contribution in [0.4, 0.5) is 0 Å². The second-order valence-electron chi connectivity index (χ2n) is 4.77. The van der Waals surface area contributed by atoms with E-state index in [4.69, 9.17) is 14.2 Å². The molecule has 1 saturated heterocycles. The molecule has 2 heterocycles. The second kappa shape index (κ2) is 4.27. The van der Waals surface area contributed by atoms with Crippen molar-refractivity contribution < 1.29 is 14.2 Å². The first-order valence-corrected chi connectivity index (χ1v) is 6.13. The van der Waals surface area contributed by atoms with Gasteiger partial charge in [0.15, 0.2) is 5.79 Å². The van der Waals surface area contributed by atoms with E-state index in [2.05, 4.69) is 4.98 Å². The summed E-state index contributed by atoms with van der Waals surface area (Å²) in [5.74, 6) is 0.592. The quantitative estimate of drug-likeness (QED) is 0.786. The van der Waals surface area contributed by atoms with Gasteiger partial charge in [0.05, 0.1) is 13.2 Å². The normalized spacial score (nSPS) is 23.4. The molecule has 0 aromatic carbocycles. The van der Waals surface area contributed by atoms with Crippen molar-refractivity contribution >= 4 is 0 Å². The topological polar surface area (TPSA) is 40.6 Å². The monoisotopic (exact) mass is 235 g/mol. The lowest BCUT2D eigenvalue weighted by Crippen LogP contribution is -2.52. The Hall–Kier alpha value is -1.13. The summed E-state index contributed by atoms with van der Waals surface area (Å²) in [5.41, 5.74) is 1.04. The Kier molecular flexibility index (Phi) is 2.76. The molecule has 1 saturated carbocycles. The van der Waals surface area contributed by atoms with Crippen molar-refractivity contribution in [2.75, 3.05) is 13.2 Å². The number of hydrogen-bond donors (Lipinski definition) is 0. The number of aryl methyl sites for hydroxylation is 1. The third-order valence-corrected chi connectivity index (χ3v) is 3.44. The van der Waals surface area contributed by atoms with Crippen LogP contribution in [-0.4, -0.2) is 30.1 Å². The van der Waals surface area contributed by atoms with Crippen LogP contribution in [0.25, 0.3) is 0 Å². The zero-order valence-electron chi connectivity index (χ0n) is 10.0. The number of nitrogens with zero attached hydrogens (tertiary/aromatic N) is 1. The highest BCUT2D eigenvalue weighted by molar-refractivity contribution is 5.28. The molecule has 92 valence electrons. The maximum Gasteiger partial charge on any atom is 0.168 e. The smallest absolute Gasteiger partial charge is 0.168 e. The maximum absolute atomic E-state index is 5.86. The van der Waals surface area contributed by atoms with Crippen LogP contribution in [0, 0.1) is 6.92 Å². The van der Waals surface area contributed by atoms with Crippen molar-refractivity contribution in [2.24, 2.45) is 0 Å². The largest absolute Gasteiger partial charge is 0.485 e. The minimum atomic E-state index is -0.271. The van der Waals surface area contributed by atoms with Crippen LogP contribution >= 0.6 is 0 Å². The number of hydrogen-bond acceptors (Lipinski definition) is 4. The molecule has 1 aromatic heterocycles. The Morgan fingerprint density at radius 3 is 2.71 bits per heavy atom. The Balaban J connectivity index is 1.59. The van der Waals surface area contributed by atoms with Gasteiger partial charge in [-0.3, -0.25) is 4.98 Å². The molecule has 2 fully saturated rings. The van der Waals surface area contributed by atoms with E-state index in [-0.39, 0.29) is 11.9 Å². The molecule has 0 atom stereocenters.